The lowest BCUT2D eigenvalue weighted by Gasteiger charge is -2.09. The van der Waals surface area contributed by atoms with Gasteiger partial charge in [0.1, 0.15) is 5.01 Å². The third kappa shape index (κ3) is 3.13. The van der Waals surface area contributed by atoms with Crippen LogP contribution < -0.4 is 10.1 Å². The molecule has 20 heavy (non-hydrogen) atoms. The number of thiazole rings is 1. The molecule has 1 unspecified atom stereocenters. The Morgan fingerprint density at radius 1 is 1.50 bits per heavy atom. The highest BCUT2D eigenvalue weighted by Gasteiger charge is 2.14. The Kier molecular flexibility index (Phi) is 5.01. The van der Waals surface area contributed by atoms with Crippen molar-refractivity contribution in [3.63, 3.8) is 0 Å². The Balaban J connectivity index is 2.35. The largest absolute Gasteiger partial charge is 0.503 e. The maximum Gasteiger partial charge on any atom is 0.172 e. The molecular formula is C14H17BrN2O2S. The number of nitrogens with zero attached hydrogens (tertiary/aromatic N) is 1. The fourth-order valence-corrected chi connectivity index (χ4v) is 3.22. The smallest absolute Gasteiger partial charge is 0.172 e. The zero-order chi connectivity index (χ0) is 14.7. The molecule has 0 aliphatic heterocycles. The minimum Gasteiger partial charge on any atom is -0.503 e. The summed E-state index contributed by atoms with van der Waals surface area (Å²) in [7, 11) is 1.53. The molecule has 0 radical (unpaired) electrons. The van der Waals surface area contributed by atoms with Crippen LogP contribution in [-0.2, 0) is 0 Å². The van der Waals surface area contributed by atoms with Crippen LogP contribution in [0, 0.1) is 0 Å². The third-order valence-corrected chi connectivity index (χ3v) is 4.49. The summed E-state index contributed by atoms with van der Waals surface area (Å²) in [6, 6.07) is 3.87. The monoisotopic (exact) mass is 356 g/mol. The summed E-state index contributed by atoms with van der Waals surface area (Å²) in [5.74, 6) is 0.542. The number of rotatable bonds is 5. The number of methoxy groups -OCH3 is 1. The average Bonchev–Trinajstić information content (AvgIpc) is 2.91. The Morgan fingerprint density at radius 2 is 2.25 bits per heavy atom. The van der Waals surface area contributed by atoms with Crippen LogP contribution in [0.1, 0.15) is 25.6 Å². The first-order chi connectivity index (χ1) is 9.56. The standard InChI is InChI=1S/C14H17BrN2O2S/c1-4-16-8(2)11-7-20-14(17-11)9-5-10(15)13(18)12(6-9)19-3/h5-8,16,18H,4H2,1-3H3. The summed E-state index contributed by atoms with van der Waals surface area (Å²) in [6.07, 6.45) is 0. The molecule has 0 amide bonds. The van der Waals surface area contributed by atoms with E-state index in [0.717, 1.165) is 22.8 Å². The fourth-order valence-electron chi connectivity index (χ4n) is 1.88. The topological polar surface area (TPSA) is 54.4 Å². The molecule has 2 aromatic rings. The van der Waals surface area contributed by atoms with Gasteiger partial charge in [-0.05, 0) is 41.5 Å². The number of benzene rings is 1. The molecule has 0 saturated heterocycles. The fraction of sp³-hybridized carbons (Fsp3) is 0.357. The van der Waals surface area contributed by atoms with Crippen molar-refractivity contribution in [3.05, 3.63) is 27.7 Å². The van der Waals surface area contributed by atoms with E-state index >= 15 is 0 Å². The Bertz CT molecular complexity index is 601. The predicted octanol–water partition coefficient (Wildman–Crippen LogP) is 3.96. The highest BCUT2D eigenvalue weighted by molar-refractivity contribution is 9.10. The molecule has 0 aliphatic rings. The van der Waals surface area contributed by atoms with Crippen LogP contribution in [0.5, 0.6) is 11.5 Å². The van der Waals surface area contributed by atoms with E-state index in [-0.39, 0.29) is 11.8 Å². The first-order valence-corrected chi connectivity index (χ1v) is 7.99. The summed E-state index contributed by atoms with van der Waals surface area (Å²) in [6.45, 7) is 5.08. The quantitative estimate of drug-likeness (QED) is 0.851. The van der Waals surface area contributed by atoms with Gasteiger partial charge in [-0.1, -0.05) is 6.92 Å². The molecule has 2 N–H and O–H groups in total. The van der Waals surface area contributed by atoms with Crippen molar-refractivity contribution in [2.75, 3.05) is 13.7 Å². The van der Waals surface area contributed by atoms with Crippen LogP contribution in [0.3, 0.4) is 0 Å². The number of nitrogens with one attached hydrogen (secondary N) is 1. The number of hydrogen-bond acceptors (Lipinski definition) is 5. The van der Waals surface area contributed by atoms with Crippen molar-refractivity contribution >= 4 is 27.3 Å². The van der Waals surface area contributed by atoms with Crippen molar-refractivity contribution in [2.24, 2.45) is 0 Å². The number of phenolic OH excluding ortho intramolecular Hbond substituents is 1. The van der Waals surface area contributed by atoms with Crippen molar-refractivity contribution in [3.8, 4) is 22.1 Å². The van der Waals surface area contributed by atoms with Crippen LogP contribution in [0.15, 0.2) is 22.0 Å². The first kappa shape index (κ1) is 15.3. The van der Waals surface area contributed by atoms with Gasteiger partial charge in [-0.25, -0.2) is 4.98 Å². The molecule has 0 spiro atoms. The molecule has 0 bridgehead atoms. The molecule has 1 aromatic carbocycles. The van der Waals surface area contributed by atoms with Crippen LogP contribution in [0.2, 0.25) is 0 Å². The van der Waals surface area contributed by atoms with E-state index in [1.165, 1.54) is 7.11 Å². The summed E-state index contributed by atoms with van der Waals surface area (Å²) in [4.78, 5) is 4.64. The zero-order valence-electron chi connectivity index (χ0n) is 11.6. The molecule has 0 saturated carbocycles. The van der Waals surface area contributed by atoms with Gasteiger partial charge in [0, 0.05) is 17.0 Å². The number of aromatic hydroxyl groups is 1. The number of halogens is 1. The van der Waals surface area contributed by atoms with Gasteiger partial charge in [0.25, 0.3) is 0 Å². The van der Waals surface area contributed by atoms with E-state index in [2.05, 4.69) is 45.5 Å². The van der Waals surface area contributed by atoms with E-state index < -0.39 is 0 Å². The van der Waals surface area contributed by atoms with Crippen LogP contribution >= 0.6 is 27.3 Å². The molecule has 1 aromatic heterocycles. The molecular weight excluding hydrogens is 340 g/mol. The van der Waals surface area contributed by atoms with Crippen molar-refractivity contribution in [2.45, 2.75) is 19.9 Å². The molecule has 1 atom stereocenters. The maximum atomic E-state index is 9.83. The van der Waals surface area contributed by atoms with Crippen LogP contribution in [0.25, 0.3) is 10.6 Å². The van der Waals surface area contributed by atoms with E-state index in [4.69, 9.17) is 4.74 Å². The molecule has 0 fully saturated rings. The highest BCUT2D eigenvalue weighted by Crippen LogP contribution is 2.39. The van der Waals surface area contributed by atoms with Crippen LogP contribution in [0.4, 0.5) is 0 Å². The van der Waals surface area contributed by atoms with E-state index in [9.17, 15) is 5.11 Å². The number of ether oxygens (including phenoxy) is 1. The third-order valence-electron chi connectivity index (χ3n) is 2.97. The molecule has 1 heterocycles. The summed E-state index contributed by atoms with van der Waals surface area (Å²) in [5, 5.41) is 16.1. The van der Waals surface area contributed by atoms with E-state index in [1.807, 2.05) is 6.07 Å². The minimum atomic E-state index is 0.106. The molecule has 2 rings (SSSR count). The first-order valence-electron chi connectivity index (χ1n) is 6.32. The van der Waals surface area contributed by atoms with Gasteiger partial charge in [0.2, 0.25) is 0 Å². The van der Waals surface area contributed by atoms with Crippen molar-refractivity contribution in [1.82, 2.24) is 10.3 Å². The second kappa shape index (κ2) is 6.56. The predicted molar refractivity (Wildman–Crippen MR) is 85.6 cm³/mol. The lowest BCUT2D eigenvalue weighted by atomic mass is 10.2. The van der Waals surface area contributed by atoms with Gasteiger partial charge >= 0.3 is 0 Å². The van der Waals surface area contributed by atoms with Gasteiger partial charge in [-0.3, -0.25) is 0 Å². The SMILES string of the molecule is CCNC(C)c1csc(-c2cc(Br)c(O)c(OC)c2)n1. The van der Waals surface area contributed by atoms with Gasteiger partial charge in [0.15, 0.2) is 11.5 Å². The zero-order valence-corrected chi connectivity index (χ0v) is 14.0. The lowest BCUT2D eigenvalue weighted by Crippen LogP contribution is -2.17. The van der Waals surface area contributed by atoms with Crippen LogP contribution in [-0.4, -0.2) is 23.7 Å². The Hall–Kier alpha value is -1.11. The second-order valence-corrected chi connectivity index (χ2v) is 6.08. The second-order valence-electron chi connectivity index (χ2n) is 4.37. The van der Waals surface area contributed by atoms with Crippen molar-refractivity contribution in [1.29, 1.82) is 0 Å². The minimum absolute atomic E-state index is 0.106. The van der Waals surface area contributed by atoms with Gasteiger partial charge in [-0.2, -0.15) is 0 Å². The average molecular weight is 357 g/mol. The summed E-state index contributed by atoms with van der Waals surface area (Å²) in [5.41, 5.74) is 1.95. The van der Waals surface area contributed by atoms with Crippen molar-refractivity contribution < 1.29 is 9.84 Å². The molecule has 6 heteroatoms. The summed E-state index contributed by atoms with van der Waals surface area (Å²) < 4.78 is 5.77. The van der Waals surface area contributed by atoms with Gasteiger partial charge in [-0.15, -0.1) is 11.3 Å². The molecule has 4 nitrogen and oxygen atoms in total. The normalized spacial score (nSPS) is 12.4. The number of phenols is 1. The Morgan fingerprint density at radius 3 is 2.90 bits per heavy atom. The molecule has 108 valence electrons. The highest BCUT2D eigenvalue weighted by atomic mass is 79.9. The maximum absolute atomic E-state index is 9.83. The van der Waals surface area contributed by atoms with E-state index in [1.54, 1.807) is 17.4 Å². The molecule has 0 aliphatic carbocycles. The lowest BCUT2D eigenvalue weighted by molar-refractivity contribution is 0.372. The summed E-state index contributed by atoms with van der Waals surface area (Å²) >= 11 is 4.91. The van der Waals surface area contributed by atoms with Gasteiger partial charge < -0.3 is 15.2 Å². The number of hydrogen-bond donors (Lipinski definition) is 2. The Labute approximate surface area is 130 Å². The van der Waals surface area contributed by atoms with E-state index in [0.29, 0.717) is 10.2 Å². The number of aromatic nitrogens is 1. The van der Waals surface area contributed by atoms with Gasteiger partial charge in [0.05, 0.1) is 17.3 Å².